The first kappa shape index (κ1) is 15.4. The van der Waals surface area contributed by atoms with Gasteiger partial charge in [-0.25, -0.2) is 8.42 Å². The van der Waals surface area contributed by atoms with Crippen molar-refractivity contribution in [1.29, 1.82) is 0 Å². The van der Waals surface area contributed by atoms with Crippen molar-refractivity contribution in [2.24, 2.45) is 5.73 Å². The Kier molecular flexibility index (Phi) is 5.26. The number of carbonyl (C=O) groups excluding carboxylic acids is 1. The summed E-state index contributed by atoms with van der Waals surface area (Å²) < 4.78 is 24.0. The number of hydrogen-bond acceptors (Lipinski definition) is 4. The Bertz CT molecular complexity index is 579. The van der Waals surface area contributed by atoms with E-state index in [4.69, 9.17) is 5.73 Å². The lowest BCUT2D eigenvalue weighted by Crippen LogP contribution is -2.27. The molecule has 5 nitrogen and oxygen atoms in total. The van der Waals surface area contributed by atoms with Crippen LogP contribution in [0.1, 0.15) is 17.3 Å². The van der Waals surface area contributed by atoms with Gasteiger partial charge in [0.15, 0.2) is 9.84 Å². The van der Waals surface area contributed by atoms with E-state index in [1.165, 1.54) is 12.1 Å². The first-order valence-electron chi connectivity index (χ1n) is 5.74. The van der Waals surface area contributed by atoms with E-state index in [9.17, 15) is 13.2 Å². The monoisotopic (exact) mass is 281 g/mol. The van der Waals surface area contributed by atoms with Crippen molar-refractivity contribution in [3.8, 4) is 0 Å². The van der Waals surface area contributed by atoms with Crippen LogP contribution in [-0.4, -0.2) is 33.2 Å². The predicted molar refractivity (Wildman–Crippen MR) is 73.5 cm³/mol. The molecule has 0 fully saturated rings. The SMILES string of the molecule is C=C(C)CNC(=O)c1ccc[c]c1S(=O)(=O)CCN. The molecule has 6 heteroatoms. The van der Waals surface area contributed by atoms with Crippen molar-refractivity contribution < 1.29 is 13.2 Å². The summed E-state index contributed by atoms with van der Waals surface area (Å²) in [5.41, 5.74) is 6.13. The highest BCUT2D eigenvalue weighted by Gasteiger charge is 2.21. The van der Waals surface area contributed by atoms with Crippen LogP contribution < -0.4 is 11.1 Å². The number of carbonyl (C=O) groups is 1. The van der Waals surface area contributed by atoms with Crippen LogP contribution in [0.5, 0.6) is 0 Å². The molecule has 19 heavy (non-hydrogen) atoms. The number of nitrogens with two attached hydrogens (primary N) is 1. The summed E-state index contributed by atoms with van der Waals surface area (Å²) in [7, 11) is -3.59. The van der Waals surface area contributed by atoms with Gasteiger partial charge in [0.1, 0.15) is 0 Å². The summed E-state index contributed by atoms with van der Waals surface area (Å²) in [5.74, 6) is -0.677. The Morgan fingerprint density at radius 1 is 1.53 bits per heavy atom. The Morgan fingerprint density at radius 3 is 2.79 bits per heavy atom. The number of hydrogen-bond donors (Lipinski definition) is 2. The summed E-state index contributed by atoms with van der Waals surface area (Å²) in [6.45, 7) is 5.73. The topological polar surface area (TPSA) is 89.3 Å². The Morgan fingerprint density at radius 2 is 2.21 bits per heavy atom. The largest absolute Gasteiger partial charge is 0.348 e. The van der Waals surface area contributed by atoms with Crippen molar-refractivity contribution in [2.45, 2.75) is 11.8 Å². The second kappa shape index (κ2) is 6.49. The first-order chi connectivity index (χ1) is 8.88. The van der Waals surface area contributed by atoms with Crippen molar-refractivity contribution in [2.75, 3.05) is 18.8 Å². The highest BCUT2D eigenvalue weighted by atomic mass is 32.2. The molecule has 0 bridgehead atoms. The fourth-order valence-electron chi connectivity index (χ4n) is 1.44. The van der Waals surface area contributed by atoms with Gasteiger partial charge in [0.25, 0.3) is 5.91 Å². The summed E-state index contributed by atoms with van der Waals surface area (Å²) in [6, 6.07) is 7.08. The molecule has 0 atom stereocenters. The van der Waals surface area contributed by atoms with Gasteiger partial charge in [0, 0.05) is 19.2 Å². The molecule has 0 spiro atoms. The van der Waals surface area contributed by atoms with E-state index in [0.717, 1.165) is 5.57 Å². The fraction of sp³-hybridized carbons (Fsp3) is 0.308. The summed E-state index contributed by atoms with van der Waals surface area (Å²) in [6.07, 6.45) is 0. The van der Waals surface area contributed by atoms with Crippen molar-refractivity contribution in [1.82, 2.24) is 5.32 Å². The maximum absolute atomic E-state index is 12.0. The normalized spacial score (nSPS) is 11.1. The molecule has 1 aromatic carbocycles. The van der Waals surface area contributed by atoms with Crippen LogP contribution in [0, 0.1) is 6.07 Å². The second-order valence-corrected chi connectivity index (χ2v) is 6.21. The zero-order valence-corrected chi connectivity index (χ0v) is 11.6. The molecule has 0 heterocycles. The van der Waals surface area contributed by atoms with Crippen LogP contribution in [0.25, 0.3) is 0 Å². The number of rotatable bonds is 6. The molecule has 1 radical (unpaired) electrons. The second-order valence-electron chi connectivity index (χ2n) is 4.16. The molecule has 0 aliphatic carbocycles. The minimum Gasteiger partial charge on any atom is -0.348 e. The van der Waals surface area contributed by atoms with Gasteiger partial charge in [-0.2, -0.15) is 0 Å². The van der Waals surface area contributed by atoms with Crippen LogP contribution in [-0.2, 0) is 9.84 Å². The molecule has 1 amide bonds. The number of amides is 1. The van der Waals surface area contributed by atoms with E-state index in [2.05, 4.69) is 18.0 Å². The maximum Gasteiger partial charge on any atom is 0.252 e. The van der Waals surface area contributed by atoms with E-state index in [-0.39, 0.29) is 22.8 Å². The number of nitrogens with one attached hydrogen (secondary N) is 1. The number of sulfone groups is 1. The average molecular weight is 281 g/mol. The standard InChI is InChI=1S/C13H17N2O3S/c1-10(2)9-15-13(16)11-5-3-4-6-12(11)19(17,18)8-7-14/h3-5H,1,7-9,14H2,2H3,(H,15,16). The van der Waals surface area contributed by atoms with Crippen LogP contribution >= 0.6 is 0 Å². The third-order valence-electron chi connectivity index (χ3n) is 2.31. The molecule has 0 aliphatic rings. The van der Waals surface area contributed by atoms with Gasteiger partial charge in [0.05, 0.1) is 16.2 Å². The lowest BCUT2D eigenvalue weighted by Gasteiger charge is -2.10. The summed E-state index contributed by atoms with van der Waals surface area (Å²) >= 11 is 0. The molecule has 0 unspecified atom stereocenters. The van der Waals surface area contributed by atoms with Crippen LogP contribution in [0.2, 0.25) is 0 Å². The molecule has 0 aromatic heterocycles. The predicted octanol–water partition coefficient (Wildman–Crippen LogP) is 0.525. The Hall–Kier alpha value is -1.66. The van der Waals surface area contributed by atoms with Gasteiger partial charge < -0.3 is 11.1 Å². The Balaban J connectivity index is 3.09. The van der Waals surface area contributed by atoms with Crippen molar-refractivity contribution >= 4 is 15.7 Å². The quantitative estimate of drug-likeness (QED) is 0.744. The van der Waals surface area contributed by atoms with Gasteiger partial charge >= 0.3 is 0 Å². The van der Waals surface area contributed by atoms with E-state index < -0.39 is 15.7 Å². The molecule has 0 saturated heterocycles. The lowest BCUT2D eigenvalue weighted by atomic mass is 10.2. The van der Waals surface area contributed by atoms with E-state index in [1.54, 1.807) is 13.0 Å². The van der Waals surface area contributed by atoms with Crippen LogP contribution in [0.15, 0.2) is 35.2 Å². The van der Waals surface area contributed by atoms with Crippen LogP contribution in [0.3, 0.4) is 0 Å². The third kappa shape index (κ3) is 4.18. The van der Waals surface area contributed by atoms with Crippen molar-refractivity contribution in [3.05, 3.63) is 42.0 Å². The average Bonchev–Trinajstić information content (AvgIpc) is 2.36. The first-order valence-corrected chi connectivity index (χ1v) is 7.40. The molecular weight excluding hydrogens is 264 g/mol. The van der Waals surface area contributed by atoms with E-state index in [1.807, 2.05) is 0 Å². The lowest BCUT2D eigenvalue weighted by molar-refractivity contribution is 0.0953. The van der Waals surface area contributed by atoms with Crippen LogP contribution in [0.4, 0.5) is 0 Å². The highest BCUT2D eigenvalue weighted by molar-refractivity contribution is 7.91. The molecule has 0 saturated carbocycles. The minimum atomic E-state index is -3.59. The summed E-state index contributed by atoms with van der Waals surface area (Å²) in [5, 5.41) is 2.60. The molecule has 1 rings (SSSR count). The highest BCUT2D eigenvalue weighted by Crippen LogP contribution is 2.16. The Labute approximate surface area is 113 Å². The fourth-order valence-corrected chi connectivity index (χ4v) is 2.70. The third-order valence-corrected chi connectivity index (χ3v) is 4.04. The van der Waals surface area contributed by atoms with Gasteiger partial charge in [-0.1, -0.05) is 24.3 Å². The zero-order valence-electron chi connectivity index (χ0n) is 10.8. The molecule has 3 N–H and O–H groups in total. The molecule has 103 valence electrons. The molecule has 0 aliphatic heterocycles. The maximum atomic E-state index is 12.0. The molecule has 1 aromatic rings. The van der Waals surface area contributed by atoms with E-state index >= 15 is 0 Å². The number of benzene rings is 1. The van der Waals surface area contributed by atoms with Gasteiger partial charge in [0.2, 0.25) is 0 Å². The van der Waals surface area contributed by atoms with Gasteiger partial charge in [-0.05, 0) is 13.0 Å². The van der Waals surface area contributed by atoms with E-state index in [0.29, 0.717) is 6.54 Å². The van der Waals surface area contributed by atoms with Gasteiger partial charge in [-0.15, -0.1) is 0 Å². The molecular formula is C13H17N2O3S. The van der Waals surface area contributed by atoms with Gasteiger partial charge in [-0.3, -0.25) is 4.79 Å². The smallest absolute Gasteiger partial charge is 0.252 e. The minimum absolute atomic E-state index is 0.00209. The summed E-state index contributed by atoms with van der Waals surface area (Å²) in [4.78, 5) is 11.8. The zero-order chi connectivity index (χ0) is 14.5. The van der Waals surface area contributed by atoms with Crippen molar-refractivity contribution in [3.63, 3.8) is 0 Å².